The van der Waals surface area contributed by atoms with Gasteiger partial charge in [0.1, 0.15) is 11.6 Å². The molecule has 2 aliphatic rings. The van der Waals surface area contributed by atoms with Crippen molar-refractivity contribution in [3.63, 3.8) is 0 Å². The van der Waals surface area contributed by atoms with E-state index in [1.807, 2.05) is 12.4 Å². The van der Waals surface area contributed by atoms with Crippen LogP contribution in [0, 0.1) is 0 Å². The number of aromatic nitrogens is 4. The summed E-state index contributed by atoms with van der Waals surface area (Å²) in [6, 6.07) is 19.2. The van der Waals surface area contributed by atoms with Gasteiger partial charge in [0.05, 0.1) is 38.0 Å². The second-order valence-corrected chi connectivity index (χ2v) is 9.97. The Labute approximate surface area is 221 Å². The summed E-state index contributed by atoms with van der Waals surface area (Å²) in [6.07, 6.45) is 3.93. The highest BCUT2D eigenvalue weighted by Gasteiger charge is 2.24. The second kappa shape index (κ2) is 9.70. The van der Waals surface area contributed by atoms with E-state index in [1.54, 1.807) is 0 Å². The molecule has 0 aliphatic carbocycles. The maximum atomic E-state index is 5.75. The van der Waals surface area contributed by atoms with E-state index in [0.29, 0.717) is 13.2 Å². The first-order chi connectivity index (χ1) is 18.7. The fraction of sp³-hybridized carbons (Fsp3) is 0.300. The number of rotatable bonds is 4. The molecule has 2 aromatic carbocycles. The summed E-state index contributed by atoms with van der Waals surface area (Å²) in [5, 5.41) is 2.16. The monoisotopic (exact) mass is 506 g/mol. The van der Waals surface area contributed by atoms with Gasteiger partial charge in [0, 0.05) is 59.4 Å². The van der Waals surface area contributed by atoms with Gasteiger partial charge in [0.25, 0.3) is 0 Å². The minimum Gasteiger partial charge on any atom is -0.378 e. The average Bonchev–Trinajstić information content (AvgIpc) is 3.47. The summed E-state index contributed by atoms with van der Waals surface area (Å²) < 4.78 is 11.2. The molecule has 1 N–H and O–H groups in total. The lowest BCUT2D eigenvalue weighted by Gasteiger charge is -2.35. The quantitative estimate of drug-likeness (QED) is 0.371. The van der Waals surface area contributed by atoms with Gasteiger partial charge in [-0.15, -0.1) is 0 Å². The molecule has 2 saturated heterocycles. The summed E-state index contributed by atoms with van der Waals surface area (Å²) >= 11 is 0. The average molecular weight is 507 g/mol. The summed E-state index contributed by atoms with van der Waals surface area (Å²) in [6.45, 7) is 7.60. The predicted molar refractivity (Wildman–Crippen MR) is 151 cm³/mol. The number of ether oxygens (including phenoxy) is 2. The molecule has 0 radical (unpaired) electrons. The molecule has 1 unspecified atom stereocenters. The third-order valence-corrected chi connectivity index (χ3v) is 7.57. The summed E-state index contributed by atoms with van der Waals surface area (Å²) in [5.41, 5.74) is 5.21. The number of pyridine rings is 1. The van der Waals surface area contributed by atoms with Crippen LogP contribution in [0.5, 0.6) is 0 Å². The summed E-state index contributed by atoms with van der Waals surface area (Å²) in [4.78, 5) is 22.9. The molecule has 192 valence electrons. The van der Waals surface area contributed by atoms with E-state index in [9.17, 15) is 0 Å². The number of fused-ring (bicyclic) bond motifs is 2. The van der Waals surface area contributed by atoms with Crippen LogP contribution >= 0.6 is 0 Å². The van der Waals surface area contributed by atoms with Gasteiger partial charge in [0.2, 0.25) is 0 Å². The minimum atomic E-state index is 0.218. The number of aromatic amines is 1. The summed E-state index contributed by atoms with van der Waals surface area (Å²) in [5.74, 6) is 2.68. The SMILES string of the molecule is CC1COCCN1c1nc(-c2cccc3[nH]ccc23)nc2ccc(-c3ccc(N4CCOCC4)nc3)cc12. The maximum Gasteiger partial charge on any atom is 0.162 e. The van der Waals surface area contributed by atoms with Gasteiger partial charge >= 0.3 is 0 Å². The highest BCUT2D eigenvalue weighted by molar-refractivity contribution is 5.98. The minimum absolute atomic E-state index is 0.218. The van der Waals surface area contributed by atoms with Crippen molar-refractivity contribution in [2.24, 2.45) is 0 Å². The maximum absolute atomic E-state index is 5.75. The molecule has 7 rings (SSSR count). The van der Waals surface area contributed by atoms with Crippen LogP contribution in [0.2, 0.25) is 0 Å². The van der Waals surface area contributed by atoms with E-state index in [1.165, 1.54) is 0 Å². The predicted octanol–water partition coefficient (Wildman–Crippen LogP) is 4.90. The van der Waals surface area contributed by atoms with Crippen LogP contribution in [-0.4, -0.2) is 72.0 Å². The molecule has 0 amide bonds. The van der Waals surface area contributed by atoms with Gasteiger partial charge in [-0.05, 0) is 48.9 Å². The van der Waals surface area contributed by atoms with Crippen LogP contribution in [0.3, 0.4) is 0 Å². The Hall–Kier alpha value is -4.01. The highest BCUT2D eigenvalue weighted by atomic mass is 16.5. The molecule has 5 aromatic rings. The number of anilines is 2. The van der Waals surface area contributed by atoms with Gasteiger partial charge < -0.3 is 24.3 Å². The number of morpholine rings is 2. The number of nitrogens with zero attached hydrogens (tertiary/aromatic N) is 5. The van der Waals surface area contributed by atoms with Crippen LogP contribution in [0.4, 0.5) is 11.6 Å². The van der Waals surface area contributed by atoms with Crippen LogP contribution in [0.1, 0.15) is 6.92 Å². The Morgan fingerprint density at radius 1 is 0.868 bits per heavy atom. The zero-order chi connectivity index (χ0) is 25.5. The van der Waals surface area contributed by atoms with E-state index in [2.05, 4.69) is 76.3 Å². The Morgan fingerprint density at radius 3 is 2.58 bits per heavy atom. The lowest BCUT2D eigenvalue weighted by Crippen LogP contribution is -2.44. The molecule has 0 bridgehead atoms. The Balaban J connectivity index is 1.33. The number of hydrogen-bond acceptors (Lipinski definition) is 7. The molecule has 2 fully saturated rings. The molecular weight excluding hydrogens is 476 g/mol. The van der Waals surface area contributed by atoms with Crippen LogP contribution in [-0.2, 0) is 9.47 Å². The van der Waals surface area contributed by atoms with Crippen molar-refractivity contribution in [1.29, 1.82) is 0 Å². The number of benzene rings is 2. The third kappa shape index (κ3) is 4.15. The smallest absolute Gasteiger partial charge is 0.162 e. The molecule has 1 atom stereocenters. The fourth-order valence-electron chi connectivity index (χ4n) is 5.49. The summed E-state index contributed by atoms with van der Waals surface area (Å²) in [7, 11) is 0. The lowest BCUT2D eigenvalue weighted by atomic mass is 10.0. The molecule has 5 heterocycles. The molecule has 0 spiro atoms. The lowest BCUT2D eigenvalue weighted by molar-refractivity contribution is 0.0987. The third-order valence-electron chi connectivity index (χ3n) is 7.57. The van der Waals surface area contributed by atoms with E-state index in [0.717, 1.165) is 88.8 Å². The molecule has 38 heavy (non-hydrogen) atoms. The molecular formula is C30H30N6O2. The van der Waals surface area contributed by atoms with Crippen molar-refractivity contribution in [2.75, 3.05) is 55.9 Å². The zero-order valence-corrected chi connectivity index (χ0v) is 21.4. The van der Waals surface area contributed by atoms with Crippen molar-refractivity contribution >= 4 is 33.4 Å². The molecule has 8 heteroatoms. The molecule has 8 nitrogen and oxygen atoms in total. The second-order valence-electron chi connectivity index (χ2n) is 9.97. The number of nitrogens with one attached hydrogen (secondary N) is 1. The van der Waals surface area contributed by atoms with Crippen molar-refractivity contribution in [1.82, 2.24) is 19.9 Å². The van der Waals surface area contributed by atoms with Crippen LogP contribution in [0.15, 0.2) is 67.0 Å². The van der Waals surface area contributed by atoms with Crippen molar-refractivity contribution in [3.8, 4) is 22.5 Å². The zero-order valence-electron chi connectivity index (χ0n) is 21.4. The molecule has 2 aliphatic heterocycles. The first-order valence-electron chi connectivity index (χ1n) is 13.3. The number of hydrogen-bond donors (Lipinski definition) is 1. The Morgan fingerprint density at radius 2 is 1.74 bits per heavy atom. The van der Waals surface area contributed by atoms with Gasteiger partial charge in [0.15, 0.2) is 5.82 Å². The topological polar surface area (TPSA) is 79.4 Å². The van der Waals surface area contributed by atoms with E-state index >= 15 is 0 Å². The largest absolute Gasteiger partial charge is 0.378 e. The van der Waals surface area contributed by atoms with E-state index in [4.69, 9.17) is 24.4 Å². The van der Waals surface area contributed by atoms with Crippen molar-refractivity contribution in [3.05, 3.63) is 67.0 Å². The first kappa shape index (κ1) is 23.1. The Kier molecular flexibility index (Phi) is 5.91. The van der Waals surface area contributed by atoms with Crippen LogP contribution in [0.25, 0.3) is 44.3 Å². The van der Waals surface area contributed by atoms with Gasteiger partial charge in [-0.2, -0.15) is 0 Å². The number of H-pyrrole nitrogens is 1. The van der Waals surface area contributed by atoms with E-state index < -0.39 is 0 Å². The first-order valence-corrected chi connectivity index (χ1v) is 13.3. The van der Waals surface area contributed by atoms with Gasteiger partial charge in [-0.1, -0.05) is 18.2 Å². The van der Waals surface area contributed by atoms with Crippen molar-refractivity contribution < 1.29 is 9.47 Å². The highest BCUT2D eigenvalue weighted by Crippen LogP contribution is 2.35. The van der Waals surface area contributed by atoms with Gasteiger partial charge in [-0.25, -0.2) is 15.0 Å². The fourth-order valence-corrected chi connectivity index (χ4v) is 5.49. The van der Waals surface area contributed by atoms with Crippen molar-refractivity contribution in [2.45, 2.75) is 13.0 Å². The molecule has 0 saturated carbocycles. The normalized spacial score (nSPS) is 18.4. The standard InChI is InChI=1S/C30H30N6O2/c1-20-19-38-16-13-36(20)30-25-17-21(22-6-8-28(32-18-22)35-11-14-37-15-12-35)5-7-27(25)33-29(34-30)24-3-2-4-26-23(24)9-10-31-26/h2-10,17-18,20,31H,11-16,19H2,1H3. The van der Waals surface area contributed by atoms with E-state index in [-0.39, 0.29) is 6.04 Å². The van der Waals surface area contributed by atoms with Crippen LogP contribution < -0.4 is 9.80 Å². The van der Waals surface area contributed by atoms with Gasteiger partial charge in [-0.3, -0.25) is 0 Å². The Bertz CT molecular complexity index is 1590. The molecule has 3 aromatic heterocycles.